The Kier molecular flexibility index (Phi) is 4.79. The van der Waals surface area contributed by atoms with Gasteiger partial charge in [0, 0.05) is 12.2 Å². The summed E-state index contributed by atoms with van der Waals surface area (Å²) in [7, 11) is -4.29. The van der Waals surface area contributed by atoms with Gasteiger partial charge in [0.25, 0.3) is 10.1 Å². The molecule has 0 saturated carbocycles. The first-order chi connectivity index (χ1) is 10.4. The summed E-state index contributed by atoms with van der Waals surface area (Å²) in [6.45, 7) is 2.31. The molecule has 0 radical (unpaired) electrons. The summed E-state index contributed by atoms with van der Waals surface area (Å²) in [5, 5.41) is 5.20. The van der Waals surface area contributed by atoms with Gasteiger partial charge in [-0.05, 0) is 36.2 Å². The van der Waals surface area contributed by atoms with Gasteiger partial charge in [-0.25, -0.2) is 4.79 Å². The third-order valence-corrected chi connectivity index (χ3v) is 3.94. The monoisotopic (exact) mass is 320 g/mol. The molecule has 2 aromatic rings. The van der Waals surface area contributed by atoms with Crippen molar-refractivity contribution in [1.29, 1.82) is 0 Å². The van der Waals surface area contributed by atoms with Gasteiger partial charge in [0.05, 0.1) is 4.90 Å². The van der Waals surface area contributed by atoms with Gasteiger partial charge in [0.1, 0.15) is 0 Å². The van der Waals surface area contributed by atoms with E-state index in [0.717, 1.165) is 11.1 Å². The van der Waals surface area contributed by atoms with Gasteiger partial charge in [-0.1, -0.05) is 30.3 Å². The van der Waals surface area contributed by atoms with Gasteiger partial charge in [-0.3, -0.25) is 4.55 Å². The summed E-state index contributed by atoms with van der Waals surface area (Å²) in [5.41, 5.74) is 2.33. The fraction of sp³-hybridized carbons (Fsp3) is 0.133. The standard InChI is InChI=1S/C15H16N2O4S/c1-11-5-2-3-6-12(11)10-16-15(18)17-13-7-4-8-14(9-13)22(19,20)21/h2-9H,10H2,1H3,(H2,16,17,18)(H,19,20,21). The minimum atomic E-state index is -4.29. The number of amides is 2. The molecule has 2 amide bonds. The van der Waals surface area contributed by atoms with Crippen molar-refractivity contribution in [3.8, 4) is 0 Å². The fourth-order valence-electron chi connectivity index (χ4n) is 1.89. The van der Waals surface area contributed by atoms with Crippen LogP contribution in [0.3, 0.4) is 0 Å². The largest absolute Gasteiger partial charge is 0.334 e. The van der Waals surface area contributed by atoms with Crippen molar-refractivity contribution in [3.05, 3.63) is 59.7 Å². The van der Waals surface area contributed by atoms with Gasteiger partial charge in [0.15, 0.2) is 0 Å². The average molecular weight is 320 g/mol. The second-order valence-corrected chi connectivity index (χ2v) is 6.16. The van der Waals surface area contributed by atoms with Gasteiger partial charge < -0.3 is 10.6 Å². The lowest BCUT2D eigenvalue weighted by Gasteiger charge is -2.10. The summed E-state index contributed by atoms with van der Waals surface area (Å²) in [6.07, 6.45) is 0. The van der Waals surface area contributed by atoms with Crippen molar-refractivity contribution in [3.63, 3.8) is 0 Å². The number of benzene rings is 2. The van der Waals surface area contributed by atoms with E-state index >= 15 is 0 Å². The molecule has 116 valence electrons. The molecule has 0 fully saturated rings. The molecule has 0 spiro atoms. The normalized spacial score (nSPS) is 11.0. The lowest BCUT2D eigenvalue weighted by molar-refractivity contribution is 0.251. The molecule has 7 heteroatoms. The average Bonchev–Trinajstić information content (AvgIpc) is 2.46. The second-order valence-electron chi connectivity index (χ2n) is 4.74. The van der Waals surface area contributed by atoms with E-state index in [1.807, 2.05) is 31.2 Å². The summed E-state index contributed by atoms with van der Waals surface area (Å²) in [4.78, 5) is 11.6. The molecular formula is C15H16N2O4S. The maximum atomic E-state index is 11.8. The fourth-order valence-corrected chi connectivity index (χ4v) is 2.42. The molecular weight excluding hydrogens is 304 g/mol. The molecule has 0 saturated heterocycles. The quantitative estimate of drug-likeness (QED) is 0.754. The highest BCUT2D eigenvalue weighted by Crippen LogP contribution is 2.15. The smallest absolute Gasteiger partial charge is 0.319 e. The lowest BCUT2D eigenvalue weighted by Crippen LogP contribution is -2.28. The zero-order chi connectivity index (χ0) is 16.2. The Hall–Kier alpha value is -2.38. The van der Waals surface area contributed by atoms with E-state index < -0.39 is 16.1 Å². The van der Waals surface area contributed by atoms with Crippen LogP contribution in [0.4, 0.5) is 10.5 Å². The maximum Gasteiger partial charge on any atom is 0.319 e. The van der Waals surface area contributed by atoms with Crippen LogP contribution in [0, 0.1) is 6.92 Å². The predicted molar refractivity (Wildman–Crippen MR) is 83.3 cm³/mol. The van der Waals surface area contributed by atoms with Crippen LogP contribution in [0.15, 0.2) is 53.4 Å². The summed E-state index contributed by atoms with van der Waals surface area (Å²) in [6, 6.07) is 12.6. The highest BCUT2D eigenvalue weighted by Gasteiger charge is 2.10. The van der Waals surface area contributed by atoms with E-state index in [0.29, 0.717) is 6.54 Å². The number of hydrogen-bond donors (Lipinski definition) is 3. The number of rotatable bonds is 4. The number of carbonyl (C=O) groups is 1. The third-order valence-electron chi connectivity index (χ3n) is 3.09. The van der Waals surface area contributed by atoms with Crippen molar-refractivity contribution >= 4 is 21.8 Å². The summed E-state index contributed by atoms with van der Waals surface area (Å²) in [5.74, 6) is 0. The molecule has 2 aromatic carbocycles. The van der Waals surface area contributed by atoms with Crippen LogP contribution < -0.4 is 10.6 Å². The van der Waals surface area contributed by atoms with Crippen LogP contribution >= 0.6 is 0 Å². The molecule has 2 rings (SSSR count). The summed E-state index contributed by atoms with van der Waals surface area (Å²) >= 11 is 0. The van der Waals surface area contributed by atoms with Gasteiger partial charge in [-0.2, -0.15) is 8.42 Å². The van der Waals surface area contributed by atoms with Crippen LogP contribution in [0.5, 0.6) is 0 Å². The SMILES string of the molecule is Cc1ccccc1CNC(=O)Nc1cccc(S(=O)(=O)O)c1. The highest BCUT2D eigenvalue weighted by atomic mass is 32.2. The Morgan fingerprint density at radius 2 is 1.86 bits per heavy atom. The number of hydrogen-bond acceptors (Lipinski definition) is 3. The van der Waals surface area contributed by atoms with Crippen molar-refractivity contribution in [2.75, 3.05) is 5.32 Å². The van der Waals surface area contributed by atoms with Crippen LogP contribution in [0.25, 0.3) is 0 Å². The maximum absolute atomic E-state index is 11.8. The molecule has 0 aliphatic heterocycles. The number of anilines is 1. The van der Waals surface area contributed by atoms with Crippen molar-refractivity contribution in [2.45, 2.75) is 18.4 Å². The Bertz CT molecular complexity index is 788. The molecule has 0 heterocycles. The minimum Gasteiger partial charge on any atom is -0.334 e. The molecule has 0 aliphatic rings. The second kappa shape index (κ2) is 6.59. The third kappa shape index (κ3) is 4.31. The van der Waals surface area contributed by atoms with Crippen molar-refractivity contribution in [1.82, 2.24) is 5.32 Å². The zero-order valence-electron chi connectivity index (χ0n) is 11.9. The molecule has 22 heavy (non-hydrogen) atoms. The molecule has 6 nitrogen and oxygen atoms in total. The minimum absolute atomic E-state index is 0.274. The number of carbonyl (C=O) groups excluding carboxylic acids is 1. The van der Waals surface area contributed by atoms with Crippen molar-refractivity contribution in [2.24, 2.45) is 0 Å². The van der Waals surface area contributed by atoms with E-state index in [9.17, 15) is 13.2 Å². The predicted octanol–water partition coefficient (Wildman–Crippen LogP) is 2.56. The van der Waals surface area contributed by atoms with Crippen LogP contribution in [-0.2, 0) is 16.7 Å². The van der Waals surface area contributed by atoms with E-state index in [2.05, 4.69) is 10.6 Å². The van der Waals surface area contributed by atoms with E-state index in [1.54, 1.807) is 0 Å². The number of urea groups is 1. The number of aryl methyl sites for hydroxylation is 1. The van der Waals surface area contributed by atoms with Gasteiger partial charge in [-0.15, -0.1) is 0 Å². The molecule has 0 aromatic heterocycles. The molecule has 0 aliphatic carbocycles. The van der Waals surface area contributed by atoms with Crippen LogP contribution in [-0.4, -0.2) is 19.0 Å². The Labute approximate surface area is 128 Å². The van der Waals surface area contributed by atoms with Gasteiger partial charge in [0.2, 0.25) is 0 Å². The topological polar surface area (TPSA) is 95.5 Å². The first-order valence-electron chi connectivity index (χ1n) is 6.53. The Balaban J connectivity index is 2.00. The van der Waals surface area contributed by atoms with Crippen molar-refractivity contribution < 1.29 is 17.8 Å². The zero-order valence-corrected chi connectivity index (χ0v) is 12.7. The van der Waals surface area contributed by atoms with E-state index in [1.165, 1.54) is 24.3 Å². The lowest BCUT2D eigenvalue weighted by atomic mass is 10.1. The van der Waals surface area contributed by atoms with Gasteiger partial charge >= 0.3 is 6.03 Å². The Morgan fingerprint density at radius 3 is 2.55 bits per heavy atom. The highest BCUT2D eigenvalue weighted by molar-refractivity contribution is 7.85. The van der Waals surface area contributed by atoms with E-state index in [-0.39, 0.29) is 10.6 Å². The van der Waals surface area contributed by atoms with Crippen LogP contribution in [0.2, 0.25) is 0 Å². The molecule has 0 unspecified atom stereocenters. The first-order valence-corrected chi connectivity index (χ1v) is 7.97. The first kappa shape index (κ1) is 16.0. The van der Waals surface area contributed by atoms with Crippen LogP contribution in [0.1, 0.15) is 11.1 Å². The summed E-state index contributed by atoms with van der Waals surface area (Å²) < 4.78 is 31.1. The molecule has 3 N–H and O–H groups in total. The molecule has 0 bridgehead atoms. The molecule has 0 atom stereocenters. The van der Waals surface area contributed by atoms with E-state index in [4.69, 9.17) is 4.55 Å². The number of nitrogens with one attached hydrogen (secondary N) is 2. The Morgan fingerprint density at radius 1 is 1.14 bits per heavy atom.